The maximum absolute atomic E-state index is 12.8. The Hall–Kier alpha value is -3.36. The van der Waals surface area contributed by atoms with Gasteiger partial charge < -0.3 is 15.0 Å². The van der Waals surface area contributed by atoms with Crippen molar-refractivity contribution in [1.82, 2.24) is 24.0 Å². The zero-order chi connectivity index (χ0) is 21.4. The quantitative estimate of drug-likeness (QED) is 0.695. The zero-order valence-corrected chi connectivity index (χ0v) is 17.7. The van der Waals surface area contributed by atoms with Crippen molar-refractivity contribution < 1.29 is 9.53 Å². The molecule has 2 aromatic heterocycles. The number of carbonyl (C=O) groups is 1. The number of hydrogen-bond acceptors (Lipinski definition) is 6. The van der Waals surface area contributed by atoms with Crippen LogP contribution in [-0.4, -0.2) is 51.1 Å². The van der Waals surface area contributed by atoms with Gasteiger partial charge >= 0.3 is 5.69 Å². The summed E-state index contributed by atoms with van der Waals surface area (Å²) in [6.45, 7) is 0. The molecule has 0 saturated heterocycles. The molecular formula is C21H26N6O3. The fourth-order valence-electron chi connectivity index (χ4n) is 3.99. The van der Waals surface area contributed by atoms with Crippen LogP contribution in [0.25, 0.3) is 11.2 Å². The Bertz CT molecular complexity index is 1160. The summed E-state index contributed by atoms with van der Waals surface area (Å²) in [5.41, 5.74) is 2.43. The highest BCUT2D eigenvalue weighted by atomic mass is 16.5. The number of benzene rings is 1. The number of amides is 1. The van der Waals surface area contributed by atoms with Gasteiger partial charge in [-0.1, -0.05) is 12.8 Å². The van der Waals surface area contributed by atoms with Crippen molar-refractivity contribution in [3.8, 4) is 5.75 Å². The van der Waals surface area contributed by atoms with Gasteiger partial charge in [0.15, 0.2) is 5.65 Å². The van der Waals surface area contributed by atoms with Gasteiger partial charge in [-0.3, -0.25) is 13.9 Å². The first kappa shape index (κ1) is 19.9. The largest absolute Gasteiger partial charge is 0.495 e. The molecule has 2 heterocycles. The second-order valence-corrected chi connectivity index (χ2v) is 7.79. The number of anilines is 2. The van der Waals surface area contributed by atoms with Crippen LogP contribution < -0.4 is 15.7 Å². The van der Waals surface area contributed by atoms with E-state index in [-0.39, 0.29) is 17.6 Å². The topological polar surface area (TPSA) is 94.3 Å². The lowest BCUT2D eigenvalue weighted by Gasteiger charge is -2.14. The molecule has 0 unspecified atom stereocenters. The molecule has 0 radical (unpaired) electrons. The number of ether oxygens (including phenoxy) is 1. The number of hydrogen-bond donors (Lipinski definition) is 1. The van der Waals surface area contributed by atoms with E-state index in [4.69, 9.17) is 4.74 Å². The SMILES string of the molecule is COc1cc(C(=O)N(C)C)ccc1Nc1ncc2c(n1)n(C1CCCC1)c(=O)n2C. The van der Waals surface area contributed by atoms with Gasteiger partial charge in [0.2, 0.25) is 5.95 Å². The van der Waals surface area contributed by atoms with Crippen LogP contribution in [0.5, 0.6) is 5.75 Å². The molecule has 1 aliphatic rings. The van der Waals surface area contributed by atoms with Crippen LogP contribution in [0.2, 0.25) is 0 Å². The molecule has 1 aliphatic carbocycles. The van der Waals surface area contributed by atoms with E-state index in [2.05, 4.69) is 15.3 Å². The average molecular weight is 410 g/mol. The number of fused-ring (bicyclic) bond motifs is 1. The van der Waals surface area contributed by atoms with E-state index in [9.17, 15) is 9.59 Å². The van der Waals surface area contributed by atoms with Crippen LogP contribution in [0.3, 0.4) is 0 Å². The van der Waals surface area contributed by atoms with E-state index in [1.54, 1.807) is 61.8 Å². The molecule has 158 valence electrons. The highest BCUT2D eigenvalue weighted by molar-refractivity contribution is 5.95. The van der Waals surface area contributed by atoms with Crippen molar-refractivity contribution in [3.05, 3.63) is 40.4 Å². The summed E-state index contributed by atoms with van der Waals surface area (Å²) >= 11 is 0. The monoisotopic (exact) mass is 410 g/mol. The third-order valence-electron chi connectivity index (χ3n) is 5.62. The highest BCUT2D eigenvalue weighted by Gasteiger charge is 2.24. The molecule has 9 nitrogen and oxygen atoms in total. The standard InChI is InChI=1S/C21H26N6O3/c1-25(2)19(28)13-9-10-15(17(11-13)30-4)23-20-22-12-16-18(24-20)27(21(29)26(16)3)14-7-5-6-8-14/h9-12,14H,5-8H2,1-4H3,(H,22,23,24). The molecule has 9 heteroatoms. The van der Waals surface area contributed by atoms with Crippen LogP contribution in [0.1, 0.15) is 42.1 Å². The maximum atomic E-state index is 12.8. The maximum Gasteiger partial charge on any atom is 0.330 e. The average Bonchev–Trinajstić information content (AvgIpc) is 3.34. The van der Waals surface area contributed by atoms with Crippen LogP contribution in [0.4, 0.5) is 11.6 Å². The molecule has 30 heavy (non-hydrogen) atoms. The molecule has 4 rings (SSSR count). The van der Waals surface area contributed by atoms with Gasteiger partial charge in [-0.25, -0.2) is 9.78 Å². The minimum atomic E-state index is -0.109. The van der Waals surface area contributed by atoms with Crippen molar-refractivity contribution in [2.24, 2.45) is 7.05 Å². The van der Waals surface area contributed by atoms with E-state index in [0.717, 1.165) is 25.7 Å². The minimum Gasteiger partial charge on any atom is -0.495 e. The molecule has 0 bridgehead atoms. The number of nitrogens with zero attached hydrogens (tertiary/aromatic N) is 5. The second kappa shape index (κ2) is 7.81. The Balaban J connectivity index is 1.71. The van der Waals surface area contributed by atoms with Gasteiger partial charge in [0.25, 0.3) is 5.91 Å². The Labute approximate surface area is 174 Å². The van der Waals surface area contributed by atoms with E-state index < -0.39 is 0 Å². The Morgan fingerprint density at radius 2 is 2.00 bits per heavy atom. The summed E-state index contributed by atoms with van der Waals surface area (Å²) in [6.07, 6.45) is 5.88. The van der Waals surface area contributed by atoms with Crippen molar-refractivity contribution in [3.63, 3.8) is 0 Å². The third-order valence-corrected chi connectivity index (χ3v) is 5.62. The first-order valence-electron chi connectivity index (χ1n) is 10.0. The molecule has 0 spiro atoms. The summed E-state index contributed by atoms with van der Waals surface area (Å²) < 4.78 is 8.85. The lowest BCUT2D eigenvalue weighted by Crippen LogP contribution is -2.25. The summed E-state index contributed by atoms with van der Waals surface area (Å²) in [5, 5.41) is 3.16. The fourth-order valence-corrected chi connectivity index (χ4v) is 3.99. The number of rotatable bonds is 5. The van der Waals surface area contributed by atoms with Gasteiger partial charge in [-0.2, -0.15) is 4.98 Å². The number of nitrogens with one attached hydrogen (secondary N) is 1. The zero-order valence-electron chi connectivity index (χ0n) is 17.7. The Morgan fingerprint density at radius 3 is 2.67 bits per heavy atom. The van der Waals surface area contributed by atoms with Gasteiger partial charge in [0, 0.05) is 32.7 Å². The normalized spacial score (nSPS) is 14.3. The van der Waals surface area contributed by atoms with Gasteiger partial charge in [-0.15, -0.1) is 0 Å². The Morgan fingerprint density at radius 1 is 1.27 bits per heavy atom. The van der Waals surface area contributed by atoms with E-state index >= 15 is 0 Å². The summed E-state index contributed by atoms with van der Waals surface area (Å²) in [5.74, 6) is 0.764. The fraction of sp³-hybridized carbons (Fsp3) is 0.429. The molecule has 0 aliphatic heterocycles. The Kier molecular flexibility index (Phi) is 5.19. The number of imidazole rings is 1. The van der Waals surface area contributed by atoms with E-state index in [1.807, 2.05) is 0 Å². The number of aromatic nitrogens is 4. The lowest BCUT2D eigenvalue weighted by molar-refractivity contribution is 0.0827. The van der Waals surface area contributed by atoms with Crippen molar-refractivity contribution >= 4 is 28.7 Å². The predicted octanol–water partition coefficient (Wildman–Crippen LogP) is 2.70. The van der Waals surface area contributed by atoms with Crippen LogP contribution in [0, 0.1) is 0 Å². The number of aryl methyl sites for hydroxylation is 1. The smallest absolute Gasteiger partial charge is 0.330 e. The summed E-state index contributed by atoms with van der Waals surface area (Å²) in [7, 11) is 6.70. The summed E-state index contributed by atoms with van der Waals surface area (Å²) in [6, 6.07) is 5.34. The first-order valence-corrected chi connectivity index (χ1v) is 10.0. The van der Waals surface area contributed by atoms with E-state index in [1.165, 1.54) is 4.90 Å². The molecule has 0 atom stereocenters. The molecule has 1 aromatic carbocycles. The van der Waals surface area contributed by atoms with Crippen LogP contribution >= 0.6 is 0 Å². The van der Waals surface area contributed by atoms with Gasteiger partial charge in [0.05, 0.1) is 19.0 Å². The number of methoxy groups -OCH3 is 1. The minimum absolute atomic E-state index is 0.0625. The van der Waals surface area contributed by atoms with Crippen molar-refractivity contribution in [2.45, 2.75) is 31.7 Å². The molecule has 1 saturated carbocycles. The van der Waals surface area contributed by atoms with Gasteiger partial charge in [0.1, 0.15) is 11.3 Å². The second-order valence-electron chi connectivity index (χ2n) is 7.79. The molecule has 3 aromatic rings. The van der Waals surface area contributed by atoms with Crippen LogP contribution in [0.15, 0.2) is 29.2 Å². The van der Waals surface area contributed by atoms with E-state index in [0.29, 0.717) is 34.1 Å². The molecule has 1 N–H and O–H groups in total. The van der Waals surface area contributed by atoms with Gasteiger partial charge in [-0.05, 0) is 31.0 Å². The lowest BCUT2D eigenvalue weighted by atomic mass is 10.1. The predicted molar refractivity (Wildman–Crippen MR) is 115 cm³/mol. The first-order chi connectivity index (χ1) is 14.4. The number of carbonyl (C=O) groups excluding carboxylic acids is 1. The van der Waals surface area contributed by atoms with Crippen molar-refractivity contribution in [2.75, 3.05) is 26.5 Å². The molecule has 1 fully saturated rings. The molecule has 1 amide bonds. The van der Waals surface area contributed by atoms with Crippen molar-refractivity contribution in [1.29, 1.82) is 0 Å². The third kappa shape index (κ3) is 3.40. The highest BCUT2D eigenvalue weighted by Crippen LogP contribution is 2.32. The summed E-state index contributed by atoms with van der Waals surface area (Å²) in [4.78, 5) is 35.5. The van der Waals surface area contributed by atoms with Crippen LogP contribution in [-0.2, 0) is 7.05 Å². The molecular weight excluding hydrogens is 384 g/mol.